The minimum absolute atomic E-state index is 0.130. The van der Waals surface area contributed by atoms with Crippen LogP contribution in [0.5, 0.6) is 5.75 Å². The largest absolute Gasteiger partial charge is 0.484 e. The van der Waals surface area contributed by atoms with Crippen LogP contribution in [0.25, 0.3) is 0 Å². The van der Waals surface area contributed by atoms with E-state index in [4.69, 9.17) is 4.74 Å². The van der Waals surface area contributed by atoms with Crippen LogP contribution in [0.1, 0.15) is 11.1 Å². The van der Waals surface area contributed by atoms with Crippen molar-refractivity contribution in [1.29, 1.82) is 0 Å². The molecule has 0 atom stereocenters. The lowest BCUT2D eigenvalue weighted by atomic mass is 10.2. The Labute approximate surface area is 187 Å². The number of hydrogen-bond acceptors (Lipinski definition) is 4. The molecule has 0 fully saturated rings. The molecule has 3 aromatic rings. The third kappa shape index (κ3) is 6.31. The molecule has 3 aromatic carbocycles. The van der Waals surface area contributed by atoms with Gasteiger partial charge >= 0.3 is 0 Å². The second-order valence-corrected chi connectivity index (χ2v) is 9.29. The molecule has 0 radical (unpaired) electrons. The van der Waals surface area contributed by atoms with E-state index >= 15 is 0 Å². The average molecular weight is 457 g/mol. The number of halogens is 1. The van der Waals surface area contributed by atoms with E-state index in [1.54, 1.807) is 54.4 Å². The number of hydrogen-bond donors (Lipinski definition) is 0. The zero-order chi connectivity index (χ0) is 23.1. The number of likely N-dealkylation sites (N-methyl/N-ethyl adjacent to an activating group) is 1. The quantitative estimate of drug-likeness (QED) is 0.491. The van der Waals surface area contributed by atoms with Crippen molar-refractivity contribution in [1.82, 2.24) is 4.90 Å². The molecule has 0 unspecified atom stereocenters. The third-order valence-electron chi connectivity index (χ3n) is 4.85. The monoisotopic (exact) mass is 456 g/mol. The van der Waals surface area contributed by atoms with Gasteiger partial charge in [0.15, 0.2) is 6.61 Å². The topological polar surface area (TPSA) is 66.9 Å². The fraction of sp³-hybridized carbons (Fsp3) is 0.208. The zero-order valence-electron chi connectivity index (χ0n) is 17.9. The van der Waals surface area contributed by atoms with Gasteiger partial charge in [0.25, 0.3) is 5.91 Å². The van der Waals surface area contributed by atoms with E-state index < -0.39 is 15.8 Å². The van der Waals surface area contributed by atoms with E-state index in [0.29, 0.717) is 18.0 Å². The molecule has 0 bridgehead atoms. The molecule has 6 nitrogen and oxygen atoms in total. The van der Waals surface area contributed by atoms with Gasteiger partial charge in [0.2, 0.25) is 10.0 Å². The van der Waals surface area contributed by atoms with Crippen LogP contribution in [0.3, 0.4) is 0 Å². The van der Waals surface area contributed by atoms with Gasteiger partial charge in [-0.25, -0.2) is 12.8 Å². The van der Waals surface area contributed by atoms with Crippen molar-refractivity contribution in [2.24, 2.45) is 0 Å². The van der Waals surface area contributed by atoms with Crippen LogP contribution >= 0.6 is 0 Å². The Balaban J connectivity index is 1.63. The number of rotatable bonds is 9. The van der Waals surface area contributed by atoms with Crippen molar-refractivity contribution < 1.29 is 22.3 Å². The lowest BCUT2D eigenvalue weighted by molar-refractivity contribution is -0.132. The van der Waals surface area contributed by atoms with Crippen molar-refractivity contribution in [3.05, 3.63) is 95.8 Å². The smallest absolute Gasteiger partial charge is 0.260 e. The molecule has 0 spiro atoms. The molecule has 8 heteroatoms. The first-order valence-corrected chi connectivity index (χ1v) is 11.8. The number of benzene rings is 3. The first-order valence-electron chi connectivity index (χ1n) is 9.96. The summed E-state index contributed by atoms with van der Waals surface area (Å²) >= 11 is 0. The van der Waals surface area contributed by atoms with Gasteiger partial charge in [-0.1, -0.05) is 48.5 Å². The first kappa shape index (κ1) is 23.3. The zero-order valence-corrected chi connectivity index (χ0v) is 18.8. The number of anilines is 1. The number of amides is 1. The SMILES string of the molecule is CN(Cc1ccccc1)C(=O)COc1ccc(N(Cc2ccccc2F)S(C)(=O)=O)cc1. The van der Waals surface area contributed by atoms with Gasteiger partial charge in [-0.2, -0.15) is 0 Å². The summed E-state index contributed by atoms with van der Waals surface area (Å²) in [7, 11) is -1.94. The molecule has 0 heterocycles. The molecule has 1 amide bonds. The van der Waals surface area contributed by atoms with Gasteiger partial charge in [0.1, 0.15) is 11.6 Å². The Kier molecular flexibility index (Phi) is 7.48. The van der Waals surface area contributed by atoms with E-state index in [-0.39, 0.29) is 24.6 Å². The number of nitrogens with zero attached hydrogens (tertiary/aromatic N) is 2. The van der Waals surface area contributed by atoms with Crippen LogP contribution < -0.4 is 9.04 Å². The lowest BCUT2D eigenvalue weighted by Crippen LogP contribution is -2.31. The Morgan fingerprint density at radius 3 is 2.16 bits per heavy atom. The predicted octanol–water partition coefficient (Wildman–Crippen LogP) is 3.83. The molecule has 0 aliphatic rings. The normalized spacial score (nSPS) is 11.1. The summed E-state index contributed by atoms with van der Waals surface area (Å²) in [6, 6.07) is 22.0. The Bertz CT molecular complexity index is 1150. The van der Waals surface area contributed by atoms with Crippen LogP contribution in [-0.4, -0.2) is 39.1 Å². The Morgan fingerprint density at radius 2 is 1.53 bits per heavy atom. The second kappa shape index (κ2) is 10.3. The lowest BCUT2D eigenvalue weighted by Gasteiger charge is -2.23. The van der Waals surface area contributed by atoms with Crippen LogP contribution in [0.4, 0.5) is 10.1 Å². The van der Waals surface area contributed by atoms with E-state index in [1.807, 2.05) is 30.3 Å². The average Bonchev–Trinajstić information content (AvgIpc) is 2.77. The molecular weight excluding hydrogens is 431 g/mol. The van der Waals surface area contributed by atoms with Gasteiger partial charge < -0.3 is 9.64 Å². The molecule has 0 saturated heterocycles. The van der Waals surface area contributed by atoms with Crippen molar-refractivity contribution in [2.45, 2.75) is 13.1 Å². The highest BCUT2D eigenvalue weighted by atomic mass is 32.2. The highest BCUT2D eigenvalue weighted by Gasteiger charge is 2.19. The Hall–Kier alpha value is -3.39. The van der Waals surface area contributed by atoms with E-state index in [9.17, 15) is 17.6 Å². The fourth-order valence-corrected chi connectivity index (χ4v) is 3.97. The summed E-state index contributed by atoms with van der Waals surface area (Å²) in [5, 5.41) is 0. The van der Waals surface area contributed by atoms with Crippen molar-refractivity contribution in [3.8, 4) is 5.75 Å². The molecule has 3 rings (SSSR count). The van der Waals surface area contributed by atoms with Crippen LogP contribution in [0, 0.1) is 5.82 Å². The third-order valence-corrected chi connectivity index (χ3v) is 5.99. The number of ether oxygens (including phenoxy) is 1. The summed E-state index contributed by atoms with van der Waals surface area (Å²) in [5.74, 6) is -0.232. The van der Waals surface area contributed by atoms with E-state index in [0.717, 1.165) is 16.1 Å². The molecule has 0 saturated carbocycles. The standard InChI is InChI=1S/C24H25FN2O4S/c1-26(16-19-8-4-3-5-9-19)24(28)18-31-22-14-12-21(13-15-22)27(32(2,29)30)17-20-10-6-7-11-23(20)25/h3-15H,16-18H2,1-2H3. The summed E-state index contributed by atoms with van der Waals surface area (Å²) in [4.78, 5) is 13.9. The number of sulfonamides is 1. The second-order valence-electron chi connectivity index (χ2n) is 7.38. The van der Waals surface area contributed by atoms with Gasteiger partial charge in [-0.3, -0.25) is 9.10 Å². The van der Waals surface area contributed by atoms with E-state index in [1.165, 1.54) is 6.07 Å². The maximum absolute atomic E-state index is 14.0. The van der Waals surface area contributed by atoms with Gasteiger partial charge in [0.05, 0.1) is 18.5 Å². The number of carbonyl (C=O) groups excluding carboxylic acids is 1. The van der Waals surface area contributed by atoms with Crippen molar-refractivity contribution in [2.75, 3.05) is 24.2 Å². The Morgan fingerprint density at radius 1 is 0.906 bits per heavy atom. The maximum atomic E-state index is 14.0. The molecule has 168 valence electrons. The van der Waals surface area contributed by atoms with Gasteiger partial charge in [-0.05, 0) is 35.9 Å². The van der Waals surface area contributed by atoms with Crippen molar-refractivity contribution in [3.63, 3.8) is 0 Å². The summed E-state index contributed by atoms with van der Waals surface area (Å²) in [5.41, 5.74) is 1.66. The fourth-order valence-electron chi connectivity index (χ4n) is 3.09. The van der Waals surface area contributed by atoms with Gasteiger partial charge in [-0.15, -0.1) is 0 Å². The van der Waals surface area contributed by atoms with Crippen LogP contribution in [0.2, 0.25) is 0 Å². The molecule has 0 aliphatic heterocycles. The van der Waals surface area contributed by atoms with Gasteiger partial charge in [0, 0.05) is 19.2 Å². The first-order chi connectivity index (χ1) is 15.2. The summed E-state index contributed by atoms with van der Waals surface area (Å²) < 4.78 is 45.3. The molecule has 0 aromatic heterocycles. The molecule has 32 heavy (non-hydrogen) atoms. The minimum Gasteiger partial charge on any atom is -0.484 e. The minimum atomic E-state index is -3.65. The summed E-state index contributed by atoms with van der Waals surface area (Å²) in [6.45, 7) is 0.198. The molecular formula is C24H25FN2O4S. The van der Waals surface area contributed by atoms with Crippen molar-refractivity contribution >= 4 is 21.6 Å². The molecule has 0 N–H and O–H groups in total. The summed E-state index contributed by atoms with van der Waals surface area (Å²) in [6.07, 6.45) is 1.07. The molecule has 0 aliphatic carbocycles. The predicted molar refractivity (Wildman–Crippen MR) is 122 cm³/mol. The highest BCUT2D eigenvalue weighted by Crippen LogP contribution is 2.24. The van der Waals surface area contributed by atoms with E-state index in [2.05, 4.69) is 0 Å². The number of carbonyl (C=O) groups is 1. The highest BCUT2D eigenvalue weighted by molar-refractivity contribution is 7.92. The van der Waals surface area contributed by atoms with Crippen LogP contribution in [0.15, 0.2) is 78.9 Å². The maximum Gasteiger partial charge on any atom is 0.260 e. The van der Waals surface area contributed by atoms with Crippen LogP contribution in [-0.2, 0) is 27.9 Å².